The van der Waals surface area contributed by atoms with Crippen LogP contribution in [0.5, 0.6) is 0 Å². The fourth-order valence-corrected chi connectivity index (χ4v) is 12.6. The zero-order valence-electron chi connectivity index (χ0n) is 18.5. The van der Waals surface area contributed by atoms with Crippen LogP contribution in [0.15, 0.2) is 70.2 Å². The van der Waals surface area contributed by atoms with E-state index in [1.54, 1.807) is 0 Å². The summed E-state index contributed by atoms with van der Waals surface area (Å²) in [5, 5.41) is 4.50. The van der Waals surface area contributed by atoms with Crippen molar-refractivity contribution in [1.29, 1.82) is 0 Å². The highest BCUT2D eigenvalue weighted by molar-refractivity contribution is 8.25. The lowest BCUT2D eigenvalue weighted by atomic mass is 10.1. The Morgan fingerprint density at radius 3 is 1.62 bits per heavy atom. The van der Waals surface area contributed by atoms with Crippen molar-refractivity contribution in [2.75, 3.05) is 23.0 Å². The van der Waals surface area contributed by atoms with Crippen LogP contribution < -0.4 is 0 Å². The second-order valence-electron chi connectivity index (χ2n) is 6.96. The van der Waals surface area contributed by atoms with Crippen molar-refractivity contribution in [1.82, 2.24) is 0 Å². The molecule has 10 heteroatoms. The van der Waals surface area contributed by atoms with Crippen molar-refractivity contribution in [2.24, 2.45) is 0 Å². The minimum atomic E-state index is 0.0413. The van der Waals surface area contributed by atoms with Gasteiger partial charge in [0.05, 0.1) is 9.16 Å². The first kappa shape index (κ1) is 28.9. The van der Waals surface area contributed by atoms with Crippen molar-refractivity contribution in [2.45, 2.75) is 20.7 Å². The fourth-order valence-electron chi connectivity index (χ4n) is 2.81. The Bertz CT molecular complexity index is 868. The van der Waals surface area contributed by atoms with Gasteiger partial charge in [0, 0.05) is 44.3 Å². The van der Waals surface area contributed by atoms with Crippen LogP contribution in [-0.4, -0.2) is 42.4 Å². The maximum absolute atomic E-state index is 11.4. The highest BCUT2D eigenvalue weighted by Crippen LogP contribution is 2.44. The van der Waals surface area contributed by atoms with E-state index in [1.807, 2.05) is 70.6 Å². The molecule has 0 aromatic heterocycles. The van der Waals surface area contributed by atoms with Gasteiger partial charge in [-0.2, -0.15) is 23.5 Å². The molecule has 0 fully saturated rings. The van der Waals surface area contributed by atoms with E-state index in [2.05, 4.69) is 48.2 Å². The van der Waals surface area contributed by atoms with E-state index in [0.717, 1.165) is 34.5 Å². The largest absolute Gasteiger partial charge is 0.282 e. The van der Waals surface area contributed by atoms with E-state index in [0.29, 0.717) is 9.16 Å². The number of benzene rings is 1. The van der Waals surface area contributed by atoms with Crippen molar-refractivity contribution >= 4 is 104 Å². The van der Waals surface area contributed by atoms with E-state index in [4.69, 9.17) is 0 Å². The van der Waals surface area contributed by atoms with Gasteiger partial charge in [0.25, 0.3) is 0 Å². The Balaban J connectivity index is 1.33. The summed E-state index contributed by atoms with van der Waals surface area (Å²) >= 11 is 14.2. The molecule has 2 nitrogen and oxygen atoms in total. The second-order valence-corrected chi connectivity index (χ2v) is 16.4. The molecule has 2 unspecified atom stereocenters. The summed E-state index contributed by atoms with van der Waals surface area (Å²) in [6.45, 7) is 7.06. The topological polar surface area (TPSA) is 34.1 Å². The summed E-state index contributed by atoms with van der Waals surface area (Å²) in [4.78, 5) is 25.4. The molecule has 2 aliphatic heterocycles. The zero-order chi connectivity index (χ0) is 24.2. The molecule has 0 aliphatic carbocycles. The van der Waals surface area contributed by atoms with Gasteiger partial charge in [-0.25, -0.2) is 0 Å². The molecular weight excluding hydrogens is 577 g/mol. The van der Waals surface area contributed by atoms with Crippen LogP contribution in [0.3, 0.4) is 0 Å². The summed E-state index contributed by atoms with van der Waals surface area (Å²) in [6.07, 6.45) is 2.77. The average molecular weight is 603 g/mol. The molecule has 0 spiro atoms. The molecule has 0 radical (unpaired) electrons. The van der Waals surface area contributed by atoms with Crippen LogP contribution in [0.2, 0.25) is 0 Å². The summed E-state index contributed by atoms with van der Waals surface area (Å²) < 4.78 is 1.05. The van der Waals surface area contributed by atoms with Gasteiger partial charge < -0.3 is 0 Å². The SMILES string of the molecule is C=CC(=O)SCC1=CSC(CSCc2ccccc2CSCC2SC=C(CSC(=O)C=C)S2)S1. The van der Waals surface area contributed by atoms with Gasteiger partial charge in [-0.3, -0.25) is 9.59 Å². The predicted molar refractivity (Wildman–Crippen MR) is 168 cm³/mol. The summed E-state index contributed by atoms with van der Waals surface area (Å²) in [6, 6.07) is 8.78. The van der Waals surface area contributed by atoms with Gasteiger partial charge in [0.1, 0.15) is 0 Å². The number of thioether (sulfide) groups is 8. The molecule has 0 bridgehead atoms. The quantitative estimate of drug-likeness (QED) is 0.194. The monoisotopic (exact) mass is 602 g/mol. The molecule has 2 heterocycles. The minimum absolute atomic E-state index is 0.0413. The molecule has 2 atom stereocenters. The van der Waals surface area contributed by atoms with Gasteiger partial charge in [0.15, 0.2) is 0 Å². The van der Waals surface area contributed by atoms with Crippen LogP contribution in [0, 0.1) is 0 Å². The van der Waals surface area contributed by atoms with Gasteiger partial charge in [-0.1, -0.05) is 60.9 Å². The maximum Gasteiger partial charge on any atom is 0.211 e. The molecule has 34 heavy (non-hydrogen) atoms. The third-order valence-electron chi connectivity index (χ3n) is 4.46. The van der Waals surface area contributed by atoms with E-state index in [9.17, 15) is 9.59 Å². The summed E-state index contributed by atoms with van der Waals surface area (Å²) in [7, 11) is 0. The van der Waals surface area contributed by atoms with Crippen molar-refractivity contribution in [3.63, 3.8) is 0 Å². The van der Waals surface area contributed by atoms with E-state index < -0.39 is 0 Å². The Labute approximate surface area is 237 Å². The van der Waals surface area contributed by atoms with Crippen LogP contribution in [-0.2, 0) is 21.1 Å². The van der Waals surface area contributed by atoms with Crippen molar-refractivity contribution in [3.05, 3.63) is 81.3 Å². The standard InChI is InChI=1S/C24H26O2S8/c1-3-21(25)29-11-19-13-31-23(33-19)15-27-9-17-7-5-6-8-18(17)10-28-16-24-32-14-20(34-24)12-30-22(26)4-2/h3-8,13-14,23-24H,1-2,9-12,15-16H2. The molecule has 3 rings (SSSR count). The lowest BCUT2D eigenvalue weighted by Gasteiger charge is -2.13. The molecule has 2 aliphatic rings. The number of hydrogen-bond acceptors (Lipinski definition) is 10. The van der Waals surface area contributed by atoms with Crippen molar-refractivity contribution < 1.29 is 9.59 Å². The van der Waals surface area contributed by atoms with Crippen LogP contribution in [0.4, 0.5) is 0 Å². The van der Waals surface area contributed by atoms with E-state index in [-0.39, 0.29) is 10.2 Å². The number of hydrogen-bond donors (Lipinski definition) is 0. The van der Waals surface area contributed by atoms with Gasteiger partial charge in [-0.05, 0) is 34.1 Å². The van der Waals surface area contributed by atoms with Gasteiger partial charge in [-0.15, -0.1) is 47.0 Å². The zero-order valence-corrected chi connectivity index (χ0v) is 25.0. The molecule has 0 amide bonds. The van der Waals surface area contributed by atoms with Crippen LogP contribution in [0.25, 0.3) is 0 Å². The van der Waals surface area contributed by atoms with Crippen molar-refractivity contribution in [3.8, 4) is 0 Å². The lowest BCUT2D eigenvalue weighted by Crippen LogP contribution is -2.00. The average Bonchev–Trinajstić information content (AvgIpc) is 3.51. The molecular formula is C24H26O2S8. The maximum atomic E-state index is 11.4. The summed E-state index contributed by atoms with van der Waals surface area (Å²) in [5.74, 6) is 5.75. The highest BCUT2D eigenvalue weighted by atomic mass is 32.2. The van der Waals surface area contributed by atoms with Crippen LogP contribution in [0.1, 0.15) is 11.1 Å². The first-order valence-corrected chi connectivity index (χ1v) is 18.3. The first-order chi connectivity index (χ1) is 16.6. The van der Waals surface area contributed by atoms with Gasteiger partial charge in [0.2, 0.25) is 10.2 Å². The molecule has 0 saturated carbocycles. The third-order valence-corrected chi connectivity index (χ3v) is 15.0. The number of carbonyl (C=O) groups excluding carboxylic acids is 2. The smallest absolute Gasteiger partial charge is 0.211 e. The summed E-state index contributed by atoms with van der Waals surface area (Å²) in [5.41, 5.74) is 2.86. The first-order valence-electron chi connectivity index (χ1n) is 10.4. The Hall–Kier alpha value is 0.320. The Kier molecular flexibility index (Phi) is 13.8. The Morgan fingerprint density at radius 2 is 1.21 bits per heavy atom. The van der Waals surface area contributed by atoms with Gasteiger partial charge >= 0.3 is 0 Å². The normalized spacial score (nSPS) is 19.5. The highest BCUT2D eigenvalue weighted by Gasteiger charge is 2.21. The molecule has 0 saturated heterocycles. The van der Waals surface area contributed by atoms with E-state index >= 15 is 0 Å². The van der Waals surface area contributed by atoms with E-state index in [1.165, 1.54) is 56.6 Å². The molecule has 182 valence electrons. The minimum Gasteiger partial charge on any atom is -0.282 e. The fraction of sp³-hybridized carbons (Fsp3) is 0.333. The molecule has 1 aromatic rings. The lowest BCUT2D eigenvalue weighted by molar-refractivity contribution is -0.107. The number of carbonyl (C=O) groups is 2. The number of rotatable bonds is 14. The second kappa shape index (κ2) is 16.2. The Morgan fingerprint density at radius 1 is 0.765 bits per heavy atom. The third kappa shape index (κ3) is 10.4. The molecule has 1 aromatic carbocycles. The van der Waals surface area contributed by atoms with Crippen LogP contribution >= 0.6 is 94.1 Å². The molecule has 0 N–H and O–H groups in total. The predicted octanol–water partition coefficient (Wildman–Crippen LogP) is 8.34.